The number of nitrogens with one attached hydrogen (secondary N) is 1. The average Bonchev–Trinajstić information content (AvgIpc) is 3.08. The van der Waals surface area contributed by atoms with Crippen LogP contribution in [0.3, 0.4) is 0 Å². The highest BCUT2D eigenvalue weighted by Crippen LogP contribution is 2.14. The van der Waals surface area contributed by atoms with Gasteiger partial charge in [0.1, 0.15) is 12.1 Å². The van der Waals surface area contributed by atoms with E-state index < -0.39 is 0 Å². The summed E-state index contributed by atoms with van der Waals surface area (Å²) in [5, 5.41) is 14.6. The summed E-state index contributed by atoms with van der Waals surface area (Å²) in [5.41, 5.74) is 1.84. The van der Waals surface area contributed by atoms with E-state index in [1.807, 2.05) is 18.4 Å². The number of carbonyl (C=O) groups is 1. The largest absolute Gasteiger partial charge is 0.383 e. The van der Waals surface area contributed by atoms with Crippen LogP contribution in [0.1, 0.15) is 29.3 Å². The second-order valence-electron chi connectivity index (χ2n) is 5.01. The van der Waals surface area contributed by atoms with Crippen LogP contribution in [0.15, 0.2) is 10.9 Å². The minimum Gasteiger partial charge on any atom is -0.383 e. The predicted octanol–water partition coefficient (Wildman–Crippen LogP) is 0.778. The van der Waals surface area contributed by atoms with E-state index >= 15 is 0 Å². The fourth-order valence-electron chi connectivity index (χ4n) is 2.16. The van der Waals surface area contributed by atoms with Gasteiger partial charge in [0.2, 0.25) is 5.91 Å². The molecule has 2 rings (SSSR count). The van der Waals surface area contributed by atoms with Crippen molar-refractivity contribution in [2.45, 2.75) is 39.8 Å². The fraction of sp³-hybridized carbons (Fsp3) is 0.571. The van der Waals surface area contributed by atoms with E-state index in [1.54, 1.807) is 13.4 Å². The molecule has 0 atom stereocenters. The van der Waals surface area contributed by atoms with Crippen LogP contribution in [0.5, 0.6) is 0 Å². The molecule has 0 radical (unpaired) electrons. The second-order valence-corrected chi connectivity index (χ2v) is 5.01. The summed E-state index contributed by atoms with van der Waals surface area (Å²) in [4.78, 5) is 11.9. The van der Waals surface area contributed by atoms with Gasteiger partial charge in [0.15, 0.2) is 5.82 Å². The van der Waals surface area contributed by atoms with Crippen LogP contribution in [0.2, 0.25) is 0 Å². The first kappa shape index (κ1) is 16.2. The molecule has 0 spiro atoms. The summed E-state index contributed by atoms with van der Waals surface area (Å²) in [6.45, 7) is 5.32. The smallest absolute Gasteiger partial charge is 0.220 e. The number of nitrogens with zero attached hydrogens (tertiary/aromatic N) is 4. The third-order valence-electron chi connectivity index (χ3n) is 3.46. The fourth-order valence-corrected chi connectivity index (χ4v) is 2.16. The van der Waals surface area contributed by atoms with Gasteiger partial charge in [-0.2, -0.15) is 0 Å². The van der Waals surface area contributed by atoms with Gasteiger partial charge >= 0.3 is 0 Å². The Morgan fingerprint density at radius 3 is 2.95 bits per heavy atom. The molecule has 0 aliphatic rings. The van der Waals surface area contributed by atoms with Gasteiger partial charge in [0.25, 0.3) is 0 Å². The Bertz CT molecular complexity index is 600. The molecule has 2 heterocycles. The van der Waals surface area contributed by atoms with E-state index in [2.05, 4.69) is 20.7 Å². The molecule has 1 N–H and O–H groups in total. The molecule has 0 fully saturated rings. The summed E-state index contributed by atoms with van der Waals surface area (Å²) in [7, 11) is 1.64. The molecule has 1 amide bonds. The minimum atomic E-state index is -0.0405. The predicted molar refractivity (Wildman–Crippen MR) is 78.0 cm³/mol. The highest BCUT2D eigenvalue weighted by Gasteiger charge is 2.12. The zero-order chi connectivity index (χ0) is 15.9. The standard InChI is InChI=1S/C14H21N5O3/c1-10-12(11(2)22-18-10)4-5-14(20)15-8-13-17-16-9-19(13)6-7-21-3/h9H,4-8H2,1-3H3,(H,15,20). The van der Waals surface area contributed by atoms with E-state index in [-0.39, 0.29) is 5.91 Å². The maximum atomic E-state index is 11.9. The third-order valence-corrected chi connectivity index (χ3v) is 3.46. The van der Waals surface area contributed by atoms with Crippen LogP contribution in [0, 0.1) is 13.8 Å². The molecule has 0 saturated heterocycles. The topological polar surface area (TPSA) is 95.1 Å². The van der Waals surface area contributed by atoms with Crippen molar-refractivity contribution in [2.24, 2.45) is 0 Å². The number of hydrogen-bond donors (Lipinski definition) is 1. The van der Waals surface area contributed by atoms with Crippen LogP contribution < -0.4 is 5.32 Å². The maximum Gasteiger partial charge on any atom is 0.220 e. The van der Waals surface area contributed by atoms with Crippen molar-refractivity contribution in [1.29, 1.82) is 0 Å². The summed E-state index contributed by atoms with van der Waals surface area (Å²) in [6.07, 6.45) is 2.63. The summed E-state index contributed by atoms with van der Waals surface area (Å²) < 4.78 is 12.0. The zero-order valence-corrected chi connectivity index (χ0v) is 13.1. The normalized spacial score (nSPS) is 10.9. The average molecular weight is 307 g/mol. The van der Waals surface area contributed by atoms with Crippen molar-refractivity contribution in [1.82, 2.24) is 25.2 Å². The van der Waals surface area contributed by atoms with E-state index in [9.17, 15) is 4.79 Å². The van der Waals surface area contributed by atoms with E-state index in [0.717, 1.165) is 17.0 Å². The van der Waals surface area contributed by atoms with Crippen molar-refractivity contribution in [3.8, 4) is 0 Å². The molecule has 2 aromatic rings. The Morgan fingerprint density at radius 2 is 2.27 bits per heavy atom. The van der Waals surface area contributed by atoms with Gasteiger partial charge in [0.05, 0.1) is 18.8 Å². The quantitative estimate of drug-likeness (QED) is 0.774. The van der Waals surface area contributed by atoms with Crippen LogP contribution in [-0.4, -0.2) is 39.5 Å². The lowest BCUT2D eigenvalue weighted by Gasteiger charge is -2.07. The lowest BCUT2D eigenvalue weighted by atomic mass is 10.1. The number of amides is 1. The first-order valence-corrected chi connectivity index (χ1v) is 7.16. The van der Waals surface area contributed by atoms with Crippen molar-refractivity contribution in [3.05, 3.63) is 29.2 Å². The van der Waals surface area contributed by atoms with Crippen LogP contribution in [-0.2, 0) is 29.0 Å². The van der Waals surface area contributed by atoms with Gasteiger partial charge in [-0.05, 0) is 20.3 Å². The third kappa shape index (κ3) is 4.14. The number of carbonyl (C=O) groups excluding carboxylic acids is 1. The first-order valence-electron chi connectivity index (χ1n) is 7.16. The Labute approximate surface area is 128 Å². The Hall–Kier alpha value is -2.22. The van der Waals surface area contributed by atoms with Gasteiger partial charge in [-0.3, -0.25) is 4.79 Å². The maximum absolute atomic E-state index is 11.9. The molecule has 8 heteroatoms. The van der Waals surface area contributed by atoms with Gasteiger partial charge in [-0.15, -0.1) is 10.2 Å². The number of aromatic nitrogens is 4. The van der Waals surface area contributed by atoms with E-state index in [0.29, 0.717) is 38.4 Å². The highest BCUT2D eigenvalue weighted by atomic mass is 16.5. The molecule has 22 heavy (non-hydrogen) atoms. The van der Waals surface area contributed by atoms with Crippen LogP contribution >= 0.6 is 0 Å². The van der Waals surface area contributed by atoms with Crippen molar-refractivity contribution >= 4 is 5.91 Å². The zero-order valence-electron chi connectivity index (χ0n) is 13.1. The van der Waals surface area contributed by atoms with Crippen molar-refractivity contribution < 1.29 is 14.1 Å². The van der Waals surface area contributed by atoms with Gasteiger partial charge in [-0.1, -0.05) is 5.16 Å². The van der Waals surface area contributed by atoms with Crippen LogP contribution in [0.25, 0.3) is 0 Å². The monoisotopic (exact) mass is 307 g/mol. The summed E-state index contributed by atoms with van der Waals surface area (Å²) in [6, 6.07) is 0. The molecule has 0 aliphatic heterocycles. The molecule has 0 bridgehead atoms. The van der Waals surface area contributed by atoms with Crippen molar-refractivity contribution in [2.75, 3.05) is 13.7 Å². The Kier molecular flexibility index (Phi) is 5.65. The summed E-state index contributed by atoms with van der Waals surface area (Å²) in [5.74, 6) is 1.44. The summed E-state index contributed by atoms with van der Waals surface area (Å²) >= 11 is 0. The number of hydrogen-bond acceptors (Lipinski definition) is 6. The minimum absolute atomic E-state index is 0.0405. The lowest BCUT2D eigenvalue weighted by molar-refractivity contribution is -0.121. The molecule has 0 aliphatic carbocycles. The Balaban J connectivity index is 1.79. The molecule has 0 unspecified atom stereocenters. The number of methoxy groups -OCH3 is 1. The number of rotatable bonds is 8. The lowest BCUT2D eigenvalue weighted by Crippen LogP contribution is -2.25. The highest BCUT2D eigenvalue weighted by molar-refractivity contribution is 5.76. The van der Waals surface area contributed by atoms with Gasteiger partial charge < -0.3 is 19.1 Å². The van der Waals surface area contributed by atoms with Crippen LogP contribution in [0.4, 0.5) is 0 Å². The number of aryl methyl sites for hydroxylation is 2. The van der Waals surface area contributed by atoms with E-state index in [1.165, 1.54) is 0 Å². The van der Waals surface area contributed by atoms with Gasteiger partial charge in [-0.25, -0.2) is 0 Å². The molecule has 0 aromatic carbocycles. The molecule has 2 aromatic heterocycles. The molecule has 8 nitrogen and oxygen atoms in total. The van der Waals surface area contributed by atoms with Crippen molar-refractivity contribution in [3.63, 3.8) is 0 Å². The molecule has 120 valence electrons. The molecular formula is C14H21N5O3. The number of ether oxygens (including phenoxy) is 1. The Morgan fingerprint density at radius 1 is 1.45 bits per heavy atom. The molecule has 0 saturated carbocycles. The second kappa shape index (κ2) is 7.69. The van der Waals surface area contributed by atoms with Gasteiger partial charge in [0, 0.05) is 25.6 Å². The van der Waals surface area contributed by atoms with E-state index in [4.69, 9.17) is 9.26 Å². The SMILES string of the molecule is COCCn1cnnc1CNC(=O)CCc1c(C)noc1C. The molecular weight excluding hydrogens is 286 g/mol. The first-order chi connectivity index (χ1) is 10.6.